The largest absolute Gasteiger partial charge is 0.0651 e. The molecule has 0 nitrogen and oxygen atoms in total. The molecule has 65 valence electrons. The molecule has 1 aromatic rings. The molecule has 0 saturated carbocycles. The molecule has 0 spiro atoms. The second-order valence-corrected chi connectivity index (χ2v) is 3.21. The van der Waals surface area contributed by atoms with Gasteiger partial charge in [0.05, 0.1) is 0 Å². The standard InChI is InChI=1S/C12H17/c1-4-7-12-10(3)8-6-9-11(12)5-2/h6,9H,4-5,7H2,1-3H3. The van der Waals surface area contributed by atoms with Crippen molar-refractivity contribution in [1.29, 1.82) is 0 Å². The van der Waals surface area contributed by atoms with Crippen LogP contribution in [-0.4, -0.2) is 0 Å². The molecular weight excluding hydrogens is 144 g/mol. The highest BCUT2D eigenvalue weighted by molar-refractivity contribution is 5.33. The summed E-state index contributed by atoms with van der Waals surface area (Å²) in [6, 6.07) is 7.49. The first-order valence-electron chi connectivity index (χ1n) is 4.78. The van der Waals surface area contributed by atoms with E-state index in [-0.39, 0.29) is 0 Å². The summed E-state index contributed by atoms with van der Waals surface area (Å²) >= 11 is 0. The first-order chi connectivity index (χ1) is 5.79. The van der Waals surface area contributed by atoms with E-state index in [1.165, 1.54) is 29.5 Å². The normalized spacial score (nSPS) is 10.2. The predicted molar refractivity (Wildman–Crippen MR) is 53.4 cm³/mol. The molecule has 0 aromatic heterocycles. The van der Waals surface area contributed by atoms with Crippen molar-refractivity contribution in [3.8, 4) is 0 Å². The Morgan fingerprint density at radius 2 is 2.08 bits per heavy atom. The van der Waals surface area contributed by atoms with Gasteiger partial charge in [0.25, 0.3) is 0 Å². The Bertz CT molecular complexity index is 248. The van der Waals surface area contributed by atoms with Crippen molar-refractivity contribution in [3.63, 3.8) is 0 Å². The van der Waals surface area contributed by atoms with Gasteiger partial charge in [-0.25, -0.2) is 0 Å². The lowest BCUT2D eigenvalue weighted by molar-refractivity contribution is 0.889. The van der Waals surface area contributed by atoms with E-state index in [9.17, 15) is 0 Å². The molecule has 1 aromatic carbocycles. The van der Waals surface area contributed by atoms with Gasteiger partial charge in [0.2, 0.25) is 0 Å². The Morgan fingerprint density at radius 1 is 1.33 bits per heavy atom. The Morgan fingerprint density at radius 3 is 2.67 bits per heavy atom. The zero-order chi connectivity index (χ0) is 8.97. The zero-order valence-electron chi connectivity index (χ0n) is 8.28. The molecule has 0 aliphatic carbocycles. The first kappa shape index (κ1) is 9.31. The number of hydrogen-bond acceptors (Lipinski definition) is 0. The minimum absolute atomic E-state index is 1.14. The van der Waals surface area contributed by atoms with Crippen LogP contribution in [0, 0.1) is 13.0 Å². The smallest absolute Gasteiger partial charge is 0.0149 e. The maximum Gasteiger partial charge on any atom is -0.0149 e. The van der Waals surface area contributed by atoms with E-state index in [0.29, 0.717) is 0 Å². The second-order valence-electron chi connectivity index (χ2n) is 3.21. The second kappa shape index (κ2) is 4.30. The molecule has 12 heavy (non-hydrogen) atoms. The Kier molecular flexibility index (Phi) is 3.33. The minimum Gasteiger partial charge on any atom is -0.0651 e. The SMILES string of the molecule is CCCc1c(C)[c]ccc1CC. The fourth-order valence-electron chi connectivity index (χ4n) is 1.63. The van der Waals surface area contributed by atoms with E-state index in [2.05, 4.69) is 32.9 Å². The maximum absolute atomic E-state index is 3.26. The van der Waals surface area contributed by atoms with Crippen LogP contribution in [0.5, 0.6) is 0 Å². The lowest BCUT2D eigenvalue weighted by atomic mass is 9.97. The average Bonchev–Trinajstić information content (AvgIpc) is 2.09. The lowest BCUT2D eigenvalue weighted by Crippen LogP contribution is -1.95. The molecular formula is C12H17. The molecule has 0 N–H and O–H groups in total. The van der Waals surface area contributed by atoms with Crippen LogP contribution in [0.3, 0.4) is 0 Å². The topological polar surface area (TPSA) is 0 Å². The first-order valence-corrected chi connectivity index (χ1v) is 4.78. The summed E-state index contributed by atoms with van der Waals surface area (Å²) in [5.74, 6) is 0. The van der Waals surface area contributed by atoms with Crippen molar-refractivity contribution in [2.24, 2.45) is 0 Å². The van der Waals surface area contributed by atoms with Gasteiger partial charge in [-0.05, 0) is 42.5 Å². The zero-order valence-corrected chi connectivity index (χ0v) is 8.28. The number of rotatable bonds is 3. The molecule has 0 atom stereocenters. The quantitative estimate of drug-likeness (QED) is 0.638. The van der Waals surface area contributed by atoms with Crippen LogP contribution in [0.2, 0.25) is 0 Å². The van der Waals surface area contributed by atoms with Crippen molar-refractivity contribution in [2.45, 2.75) is 40.0 Å². The van der Waals surface area contributed by atoms with Crippen LogP contribution < -0.4 is 0 Å². The summed E-state index contributed by atoms with van der Waals surface area (Å²) in [4.78, 5) is 0. The predicted octanol–water partition coefficient (Wildman–Crippen LogP) is 3.31. The van der Waals surface area contributed by atoms with Crippen LogP contribution in [0.15, 0.2) is 12.1 Å². The summed E-state index contributed by atoms with van der Waals surface area (Å²) in [7, 11) is 0. The summed E-state index contributed by atoms with van der Waals surface area (Å²) in [5, 5.41) is 0. The summed E-state index contributed by atoms with van der Waals surface area (Å²) in [6.45, 7) is 6.60. The number of hydrogen-bond donors (Lipinski definition) is 0. The van der Waals surface area contributed by atoms with Crippen LogP contribution in [0.4, 0.5) is 0 Å². The molecule has 1 rings (SSSR count). The van der Waals surface area contributed by atoms with Crippen LogP contribution >= 0.6 is 0 Å². The Balaban J connectivity index is 3.02. The van der Waals surface area contributed by atoms with Gasteiger partial charge in [0, 0.05) is 0 Å². The van der Waals surface area contributed by atoms with Gasteiger partial charge < -0.3 is 0 Å². The maximum atomic E-state index is 3.26. The number of benzene rings is 1. The fourth-order valence-corrected chi connectivity index (χ4v) is 1.63. The molecule has 1 radical (unpaired) electrons. The third kappa shape index (κ3) is 1.88. The molecule has 0 fully saturated rings. The van der Waals surface area contributed by atoms with E-state index in [4.69, 9.17) is 0 Å². The van der Waals surface area contributed by atoms with Crippen molar-refractivity contribution >= 4 is 0 Å². The summed E-state index contributed by atoms with van der Waals surface area (Å²) in [6.07, 6.45) is 3.57. The molecule has 0 saturated heterocycles. The molecule has 0 aliphatic heterocycles. The lowest BCUT2D eigenvalue weighted by Gasteiger charge is -2.09. The third-order valence-electron chi connectivity index (χ3n) is 2.31. The van der Waals surface area contributed by atoms with Gasteiger partial charge in [-0.2, -0.15) is 0 Å². The Labute approximate surface area is 75.6 Å². The average molecular weight is 161 g/mol. The molecule has 0 amide bonds. The van der Waals surface area contributed by atoms with Gasteiger partial charge >= 0.3 is 0 Å². The molecule has 0 aliphatic rings. The highest BCUT2D eigenvalue weighted by Gasteiger charge is 2.01. The molecule has 0 unspecified atom stereocenters. The van der Waals surface area contributed by atoms with Gasteiger partial charge in [0.1, 0.15) is 0 Å². The Hall–Kier alpha value is -0.780. The van der Waals surface area contributed by atoms with Gasteiger partial charge in [0.15, 0.2) is 0 Å². The van der Waals surface area contributed by atoms with E-state index >= 15 is 0 Å². The van der Waals surface area contributed by atoms with E-state index < -0.39 is 0 Å². The molecule has 0 heterocycles. The van der Waals surface area contributed by atoms with E-state index in [1.54, 1.807) is 0 Å². The van der Waals surface area contributed by atoms with Crippen LogP contribution in [0.25, 0.3) is 0 Å². The highest BCUT2D eigenvalue weighted by Crippen LogP contribution is 2.15. The van der Waals surface area contributed by atoms with Crippen molar-refractivity contribution in [1.82, 2.24) is 0 Å². The van der Waals surface area contributed by atoms with Gasteiger partial charge in [-0.15, -0.1) is 0 Å². The van der Waals surface area contributed by atoms with E-state index in [0.717, 1.165) is 6.42 Å². The fraction of sp³-hybridized carbons (Fsp3) is 0.500. The van der Waals surface area contributed by atoms with Crippen molar-refractivity contribution < 1.29 is 0 Å². The number of aryl methyl sites for hydroxylation is 2. The highest BCUT2D eigenvalue weighted by atomic mass is 14.1. The van der Waals surface area contributed by atoms with Crippen LogP contribution in [0.1, 0.15) is 37.0 Å². The molecule has 0 heteroatoms. The summed E-state index contributed by atoms with van der Waals surface area (Å²) in [5.41, 5.74) is 4.34. The van der Waals surface area contributed by atoms with Crippen molar-refractivity contribution in [2.75, 3.05) is 0 Å². The monoisotopic (exact) mass is 161 g/mol. The third-order valence-corrected chi connectivity index (χ3v) is 2.31. The van der Waals surface area contributed by atoms with Gasteiger partial charge in [-0.3, -0.25) is 0 Å². The molecule has 0 bridgehead atoms. The minimum atomic E-state index is 1.14. The van der Waals surface area contributed by atoms with Crippen molar-refractivity contribution in [3.05, 3.63) is 34.9 Å². The van der Waals surface area contributed by atoms with E-state index in [1.807, 2.05) is 6.07 Å². The summed E-state index contributed by atoms with van der Waals surface area (Å²) < 4.78 is 0. The van der Waals surface area contributed by atoms with Gasteiger partial charge in [-0.1, -0.05) is 32.4 Å². The van der Waals surface area contributed by atoms with Crippen LogP contribution in [-0.2, 0) is 12.8 Å².